The first-order chi connectivity index (χ1) is 8.00. The Labute approximate surface area is 110 Å². The first-order valence-electron chi connectivity index (χ1n) is 5.70. The van der Waals surface area contributed by atoms with E-state index in [1.807, 2.05) is 6.92 Å². The highest BCUT2D eigenvalue weighted by atomic mass is 79.9. The van der Waals surface area contributed by atoms with Gasteiger partial charge in [0.2, 0.25) is 0 Å². The zero-order valence-electron chi connectivity index (χ0n) is 10.3. The minimum Gasteiger partial charge on any atom is -0.409 e. The smallest absolute Gasteiger partial charge is 0.409 e. The van der Waals surface area contributed by atoms with Crippen molar-refractivity contribution in [1.29, 1.82) is 0 Å². The molecule has 1 aliphatic rings. The van der Waals surface area contributed by atoms with Crippen molar-refractivity contribution in [2.45, 2.75) is 26.2 Å². The summed E-state index contributed by atoms with van der Waals surface area (Å²) < 4.78 is 6.37. The number of amides is 1. The molecule has 92 valence electrons. The molecule has 0 atom stereocenters. The number of halogens is 1. The van der Waals surface area contributed by atoms with E-state index in [9.17, 15) is 4.79 Å². The van der Waals surface area contributed by atoms with Crippen molar-refractivity contribution >= 4 is 22.0 Å². The van der Waals surface area contributed by atoms with Gasteiger partial charge in [0.05, 0.1) is 4.47 Å². The Morgan fingerprint density at radius 3 is 2.76 bits per heavy atom. The van der Waals surface area contributed by atoms with E-state index >= 15 is 0 Å². The van der Waals surface area contributed by atoms with Gasteiger partial charge in [-0.2, -0.15) is 0 Å². The predicted molar refractivity (Wildman–Crippen MR) is 70.6 cm³/mol. The van der Waals surface area contributed by atoms with Crippen molar-refractivity contribution in [3.63, 3.8) is 0 Å². The highest BCUT2D eigenvalue weighted by Crippen LogP contribution is 2.39. The molecule has 0 N–H and O–H groups in total. The Bertz CT molecular complexity index is 469. The summed E-state index contributed by atoms with van der Waals surface area (Å²) in [6, 6.07) is 2.18. The van der Waals surface area contributed by atoms with Gasteiger partial charge in [-0.1, -0.05) is 6.07 Å². The molecule has 1 amide bonds. The van der Waals surface area contributed by atoms with Crippen LogP contribution in [0.1, 0.15) is 23.1 Å². The summed E-state index contributed by atoms with van der Waals surface area (Å²) in [5.74, 6) is 0.705. The lowest BCUT2D eigenvalue weighted by Gasteiger charge is -2.16. The summed E-state index contributed by atoms with van der Waals surface area (Å²) >= 11 is 3.52. The van der Waals surface area contributed by atoms with Crippen molar-refractivity contribution < 1.29 is 9.53 Å². The topological polar surface area (TPSA) is 29.5 Å². The molecule has 1 aromatic carbocycles. The Morgan fingerprint density at radius 1 is 1.41 bits per heavy atom. The maximum absolute atomic E-state index is 11.7. The number of hydrogen-bond acceptors (Lipinski definition) is 2. The Morgan fingerprint density at radius 2 is 2.12 bits per heavy atom. The molecule has 4 heteroatoms. The van der Waals surface area contributed by atoms with Crippen LogP contribution >= 0.6 is 15.9 Å². The van der Waals surface area contributed by atoms with E-state index in [2.05, 4.69) is 22.0 Å². The second kappa shape index (κ2) is 4.69. The lowest BCUT2D eigenvalue weighted by Crippen LogP contribution is -2.26. The number of rotatable bonds is 1. The summed E-state index contributed by atoms with van der Waals surface area (Å²) in [5.41, 5.74) is 3.61. The van der Waals surface area contributed by atoms with Gasteiger partial charge in [0, 0.05) is 14.1 Å². The zero-order chi connectivity index (χ0) is 12.6. The van der Waals surface area contributed by atoms with E-state index in [0.29, 0.717) is 5.75 Å². The third-order valence-electron chi connectivity index (χ3n) is 3.03. The number of fused-ring (bicyclic) bond motifs is 1. The third kappa shape index (κ3) is 2.32. The molecule has 0 saturated carbocycles. The highest BCUT2D eigenvalue weighted by molar-refractivity contribution is 9.10. The summed E-state index contributed by atoms with van der Waals surface area (Å²) in [5, 5.41) is 0. The number of carbonyl (C=O) groups excluding carboxylic acids is 1. The first-order valence-corrected chi connectivity index (χ1v) is 6.50. The van der Waals surface area contributed by atoms with Crippen molar-refractivity contribution in [3.05, 3.63) is 27.2 Å². The second-order valence-corrected chi connectivity index (χ2v) is 5.38. The van der Waals surface area contributed by atoms with Crippen LogP contribution in [-0.2, 0) is 12.8 Å². The first kappa shape index (κ1) is 12.4. The third-order valence-corrected chi connectivity index (χ3v) is 4.01. The Hall–Kier alpha value is -1.03. The molecule has 1 aliphatic carbocycles. The molecule has 0 aromatic heterocycles. The number of carbonyl (C=O) groups is 1. The Balaban J connectivity index is 2.42. The van der Waals surface area contributed by atoms with Crippen molar-refractivity contribution in [2.24, 2.45) is 0 Å². The SMILES string of the molecule is Cc1cc2c(c(OC(=O)N(C)C)c1Br)CCC2. The van der Waals surface area contributed by atoms with Gasteiger partial charge in [0.1, 0.15) is 0 Å². The van der Waals surface area contributed by atoms with Crippen LogP contribution in [0.25, 0.3) is 0 Å². The highest BCUT2D eigenvalue weighted by Gasteiger charge is 2.22. The average molecular weight is 298 g/mol. The number of aryl methyl sites for hydroxylation is 2. The minimum absolute atomic E-state index is 0.328. The molecule has 0 saturated heterocycles. The molecule has 17 heavy (non-hydrogen) atoms. The van der Waals surface area contributed by atoms with E-state index < -0.39 is 0 Å². The van der Waals surface area contributed by atoms with Gasteiger partial charge in [-0.25, -0.2) is 4.79 Å². The fourth-order valence-corrected chi connectivity index (χ4v) is 2.54. The molecule has 3 nitrogen and oxygen atoms in total. The van der Waals surface area contributed by atoms with Crippen molar-refractivity contribution in [2.75, 3.05) is 14.1 Å². The summed E-state index contributed by atoms with van der Waals surface area (Å²) in [4.78, 5) is 13.1. The van der Waals surface area contributed by atoms with Gasteiger partial charge >= 0.3 is 6.09 Å². The molecule has 2 rings (SSSR count). The van der Waals surface area contributed by atoms with Crippen LogP contribution in [0.2, 0.25) is 0 Å². The van der Waals surface area contributed by atoms with Gasteiger partial charge in [-0.15, -0.1) is 0 Å². The molecule has 1 aromatic rings. The average Bonchev–Trinajstić information content (AvgIpc) is 2.71. The number of hydrogen-bond donors (Lipinski definition) is 0. The zero-order valence-corrected chi connectivity index (χ0v) is 11.9. The molecule has 0 bridgehead atoms. The standard InChI is InChI=1S/C13H16BrNO2/c1-8-7-9-5-4-6-10(9)12(11(8)14)17-13(16)15(2)3/h7H,4-6H2,1-3H3. The van der Waals surface area contributed by atoms with Crippen LogP contribution < -0.4 is 4.74 Å². The van der Waals surface area contributed by atoms with Crippen LogP contribution in [0.5, 0.6) is 5.75 Å². The van der Waals surface area contributed by atoms with Crippen molar-refractivity contribution in [3.8, 4) is 5.75 Å². The largest absolute Gasteiger partial charge is 0.414 e. The monoisotopic (exact) mass is 297 g/mol. The number of ether oxygens (including phenoxy) is 1. The van der Waals surface area contributed by atoms with E-state index in [1.165, 1.54) is 16.0 Å². The van der Waals surface area contributed by atoms with Crippen LogP contribution in [0.15, 0.2) is 10.5 Å². The van der Waals surface area contributed by atoms with E-state index in [1.54, 1.807) is 14.1 Å². The van der Waals surface area contributed by atoms with Crippen LogP contribution in [0, 0.1) is 6.92 Å². The molecule has 0 radical (unpaired) electrons. The normalized spacial score (nSPS) is 13.4. The Kier molecular flexibility index (Phi) is 3.43. The fourth-order valence-electron chi connectivity index (χ4n) is 2.11. The van der Waals surface area contributed by atoms with Gasteiger partial charge < -0.3 is 9.64 Å². The molecule has 0 aliphatic heterocycles. The van der Waals surface area contributed by atoms with Gasteiger partial charge in [-0.3, -0.25) is 0 Å². The number of nitrogens with zero attached hydrogens (tertiary/aromatic N) is 1. The van der Waals surface area contributed by atoms with Gasteiger partial charge in [-0.05, 0) is 58.8 Å². The quantitative estimate of drug-likeness (QED) is 0.796. The molecular weight excluding hydrogens is 282 g/mol. The molecule has 0 heterocycles. The fraction of sp³-hybridized carbons (Fsp3) is 0.462. The summed E-state index contributed by atoms with van der Waals surface area (Å²) in [6.45, 7) is 2.02. The summed E-state index contributed by atoms with van der Waals surface area (Å²) in [6.07, 6.45) is 2.88. The van der Waals surface area contributed by atoms with Gasteiger partial charge in [0.25, 0.3) is 0 Å². The minimum atomic E-state index is -0.328. The predicted octanol–water partition coefficient (Wildman–Crippen LogP) is 3.31. The van der Waals surface area contributed by atoms with Crippen LogP contribution in [0.4, 0.5) is 4.79 Å². The molecular formula is C13H16BrNO2. The summed E-state index contributed by atoms with van der Waals surface area (Å²) in [7, 11) is 3.37. The lowest BCUT2D eigenvalue weighted by molar-refractivity contribution is 0.171. The van der Waals surface area contributed by atoms with Crippen LogP contribution in [0.3, 0.4) is 0 Å². The second-order valence-electron chi connectivity index (χ2n) is 4.59. The van der Waals surface area contributed by atoms with E-state index in [0.717, 1.165) is 29.3 Å². The maximum atomic E-state index is 11.7. The van der Waals surface area contributed by atoms with Crippen LogP contribution in [-0.4, -0.2) is 25.1 Å². The lowest BCUT2D eigenvalue weighted by atomic mass is 10.1. The van der Waals surface area contributed by atoms with Crippen molar-refractivity contribution in [1.82, 2.24) is 4.90 Å². The molecule has 0 spiro atoms. The van der Waals surface area contributed by atoms with E-state index in [-0.39, 0.29) is 6.09 Å². The van der Waals surface area contributed by atoms with Gasteiger partial charge in [0.15, 0.2) is 5.75 Å². The molecule has 0 fully saturated rings. The number of benzene rings is 1. The maximum Gasteiger partial charge on any atom is 0.414 e. The van der Waals surface area contributed by atoms with E-state index in [4.69, 9.17) is 4.74 Å². The molecule has 0 unspecified atom stereocenters.